The van der Waals surface area contributed by atoms with Crippen LogP contribution in [0.25, 0.3) is 0 Å². The zero-order valence-electron chi connectivity index (χ0n) is 11.8. The van der Waals surface area contributed by atoms with Gasteiger partial charge >= 0.3 is 0 Å². The molecule has 1 rings (SSSR count). The first-order valence-corrected chi connectivity index (χ1v) is 6.78. The SMILES string of the molecule is CCN(CCO)CC(C)C(NC)c1ccccc1. The van der Waals surface area contributed by atoms with Crippen LogP contribution in [0.4, 0.5) is 0 Å². The van der Waals surface area contributed by atoms with Crippen molar-refractivity contribution in [3.8, 4) is 0 Å². The Morgan fingerprint density at radius 2 is 1.94 bits per heavy atom. The fraction of sp³-hybridized carbons (Fsp3) is 0.600. The predicted molar refractivity (Wildman–Crippen MR) is 76.6 cm³/mol. The van der Waals surface area contributed by atoms with Crippen molar-refractivity contribution in [2.45, 2.75) is 19.9 Å². The van der Waals surface area contributed by atoms with Gasteiger partial charge in [0.1, 0.15) is 0 Å². The van der Waals surface area contributed by atoms with E-state index in [0.717, 1.165) is 19.6 Å². The summed E-state index contributed by atoms with van der Waals surface area (Å²) >= 11 is 0. The third-order valence-corrected chi connectivity index (χ3v) is 3.45. The molecule has 0 aliphatic carbocycles. The molecule has 0 aliphatic rings. The molecule has 3 nitrogen and oxygen atoms in total. The first-order valence-electron chi connectivity index (χ1n) is 6.78. The summed E-state index contributed by atoms with van der Waals surface area (Å²) in [7, 11) is 2.01. The van der Waals surface area contributed by atoms with E-state index < -0.39 is 0 Å². The molecule has 102 valence electrons. The topological polar surface area (TPSA) is 35.5 Å². The highest BCUT2D eigenvalue weighted by Crippen LogP contribution is 2.22. The molecule has 1 aromatic carbocycles. The second-order valence-electron chi connectivity index (χ2n) is 4.77. The fourth-order valence-corrected chi connectivity index (χ4v) is 2.47. The number of aliphatic hydroxyl groups excluding tert-OH is 1. The van der Waals surface area contributed by atoms with Gasteiger partial charge in [0.25, 0.3) is 0 Å². The summed E-state index contributed by atoms with van der Waals surface area (Å²) in [6, 6.07) is 10.9. The number of hydrogen-bond donors (Lipinski definition) is 2. The van der Waals surface area contributed by atoms with Gasteiger partial charge in [-0.05, 0) is 25.1 Å². The largest absolute Gasteiger partial charge is 0.395 e. The lowest BCUT2D eigenvalue weighted by Gasteiger charge is -2.29. The lowest BCUT2D eigenvalue weighted by Crippen LogP contribution is -2.36. The Morgan fingerprint density at radius 1 is 1.28 bits per heavy atom. The molecule has 3 heteroatoms. The number of benzene rings is 1. The second kappa shape index (κ2) is 8.25. The van der Waals surface area contributed by atoms with Crippen LogP contribution in [0.2, 0.25) is 0 Å². The van der Waals surface area contributed by atoms with E-state index in [1.807, 2.05) is 13.1 Å². The molecule has 2 unspecified atom stereocenters. The lowest BCUT2D eigenvalue weighted by molar-refractivity contribution is 0.173. The Bertz CT molecular complexity index is 316. The van der Waals surface area contributed by atoms with Crippen LogP contribution < -0.4 is 5.32 Å². The molecule has 0 saturated carbocycles. The van der Waals surface area contributed by atoms with Crippen molar-refractivity contribution in [3.63, 3.8) is 0 Å². The van der Waals surface area contributed by atoms with Crippen LogP contribution in [0.5, 0.6) is 0 Å². The van der Waals surface area contributed by atoms with Crippen molar-refractivity contribution in [2.24, 2.45) is 5.92 Å². The second-order valence-corrected chi connectivity index (χ2v) is 4.77. The Labute approximate surface area is 111 Å². The maximum absolute atomic E-state index is 9.04. The summed E-state index contributed by atoms with van der Waals surface area (Å²) in [5.41, 5.74) is 1.33. The molecule has 2 atom stereocenters. The van der Waals surface area contributed by atoms with Crippen LogP contribution in [-0.2, 0) is 0 Å². The molecule has 0 bridgehead atoms. The zero-order valence-corrected chi connectivity index (χ0v) is 11.8. The van der Waals surface area contributed by atoms with E-state index in [1.165, 1.54) is 5.56 Å². The van der Waals surface area contributed by atoms with Gasteiger partial charge in [0, 0.05) is 19.1 Å². The van der Waals surface area contributed by atoms with Gasteiger partial charge in [0.2, 0.25) is 0 Å². The number of hydrogen-bond acceptors (Lipinski definition) is 3. The minimum atomic E-state index is 0.232. The average Bonchev–Trinajstić information content (AvgIpc) is 2.40. The van der Waals surface area contributed by atoms with Gasteiger partial charge < -0.3 is 15.3 Å². The maximum Gasteiger partial charge on any atom is 0.0558 e. The maximum atomic E-state index is 9.04. The standard InChI is InChI=1S/C15H26N2O/c1-4-17(10-11-18)12-13(2)15(16-3)14-8-6-5-7-9-14/h5-9,13,15-16,18H,4,10-12H2,1-3H3. The molecule has 1 aromatic rings. The van der Waals surface area contributed by atoms with E-state index in [9.17, 15) is 0 Å². The van der Waals surface area contributed by atoms with E-state index in [0.29, 0.717) is 12.0 Å². The highest BCUT2D eigenvalue weighted by atomic mass is 16.3. The monoisotopic (exact) mass is 250 g/mol. The van der Waals surface area contributed by atoms with Gasteiger partial charge in [0.05, 0.1) is 6.61 Å². The quantitative estimate of drug-likeness (QED) is 0.739. The molecule has 0 aromatic heterocycles. The van der Waals surface area contributed by atoms with Crippen molar-refractivity contribution in [1.29, 1.82) is 0 Å². The third kappa shape index (κ3) is 4.41. The van der Waals surface area contributed by atoms with E-state index in [4.69, 9.17) is 5.11 Å². The van der Waals surface area contributed by atoms with Crippen LogP contribution in [0.1, 0.15) is 25.5 Å². The summed E-state index contributed by atoms with van der Waals surface area (Å²) in [4.78, 5) is 2.29. The molecule has 18 heavy (non-hydrogen) atoms. The predicted octanol–water partition coefficient (Wildman–Crippen LogP) is 1.90. The van der Waals surface area contributed by atoms with E-state index in [-0.39, 0.29) is 6.61 Å². The molecule has 0 heterocycles. The number of rotatable bonds is 8. The fourth-order valence-electron chi connectivity index (χ4n) is 2.47. The number of aliphatic hydroxyl groups is 1. The van der Waals surface area contributed by atoms with Gasteiger partial charge in [0.15, 0.2) is 0 Å². The van der Waals surface area contributed by atoms with Crippen LogP contribution in [0.3, 0.4) is 0 Å². The first-order chi connectivity index (χ1) is 8.72. The minimum Gasteiger partial charge on any atom is -0.395 e. The van der Waals surface area contributed by atoms with Gasteiger partial charge in [-0.3, -0.25) is 0 Å². The highest BCUT2D eigenvalue weighted by Gasteiger charge is 2.19. The molecule has 0 amide bonds. The average molecular weight is 250 g/mol. The van der Waals surface area contributed by atoms with Crippen molar-refractivity contribution >= 4 is 0 Å². The van der Waals surface area contributed by atoms with Crippen LogP contribution in [0, 0.1) is 5.92 Å². The molecule has 0 fully saturated rings. The van der Waals surface area contributed by atoms with Crippen molar-refractivity contribution < 1.29 is 5.11 Å². The molecule has 0 saturated heterocycles. The van der Waals surface area contributed by atoms with Crippen LogP contribution in [0.15, 0.2) is 30.3 Å². The lowest BCUT2D eigenvalue weighted by atomic mass is 9.94. The summed E-state index contributed by atoms with van der Waals surface area (Å²) in [6.45, 7) is 7.36. The summed E-state index contributed by atoms with van der Waals surface area (Å²) in [5, 5.41) is 12.4. The number of nitrogens with zero attached hydrogens (tertiary/aromatic N) is 1. The van der Waals surface area contributed by atoms with Crippen LogP contribution >= 0.6 is 0 Å². The number of nitrogens with one attached hydrogen (secondary N) is 1. The Hall–Kier alpha value is -0.900. The Balaban J connectivity index is 2.65. The van der Waals surface area contributed by atoms with Crippen molar-refractivity contribution in [1.82, 2.24) is 10.2 Å². The Kier molecular flexibility index (Phi) is 6.94. The van der Waals surface area contributed by atoms with Gasteiger partial charge in [-0.1, -0.05) is 44.2 Å². The number of likely N-dealkylation sites (N-methyl/N-ethyl adjacent to an activating group) is 1. The molecule has 0 aliphatic heterocycles. The smallest absolute Gasteiger partial charge is 0.0558 e. The van der Waals surface area contributed by atoms with E-state index in [1.54, 1.807) is 0 Å². The molecular weight excluding hydrogens is 224 g/mol. The van der Waals surface area contributed by atoms with E-state index in [2.05, 4.69) is 48.3 Å². The normalized spacial score (nSPS) is 14.7. The molecule has 0 spiro atoms. The summed E-state index contributed by atoms with van der Waals surface area (Å²) in [6.07, 6.45) is 0. The molecule has 0 radical (unpaired) electrons. The van der Waals surface area contributed by atoms with E-state index >= 15 is 0 Å². The summed E-state index contributed by atoms with van der Waals surface area (Å²) in [5.74, 6) is 0.504. The summed E-state index contributed by atoms with van der Waals surface area (Å²) < 4.78 is 0. The third-order valence-electron chi connectivity index (χ3n) is 3.45. The van der Waals surface area contributed by atoms with Gasteiger partial charge in [-0.2, -0.15) is 0 Å². The highest BCUT2D eigenvalue weighted by molar-refractivity contribution is 5.19. The molecule has 2 N–H and O–H groups in total. The van der Waals surface area contributed by atoms with Gasteiger partial charge in [-0.15, -0.1) is 0 Å². The minimum absolute atomic E-state index is 0.232. The zero-order chi connectivity index (χ0) is 13.4. The van der Waals surface area contributed by atoms with Crippen LogP contribution in [-0.4, -0.2) is 43.3 Å². The van der Waals surface area contributed by atoms with Crippen molar-refractivity contribution in [3.05, 3.63) is 35.9 Å². The van der Waals surface area contributed by atoms with Gasteiger partial charge in [-0.25, -0.2) is 0 Å². The first kappa shape index (κ1) is 15.2. The molecular formula is C15H26N2O. The Morgan fingerprint density at radius 3 is 2.44 bits per heavy atom. The van der Waals surface area contributed by atoms with Crippen molar-refractivity contribution in [2.75, 3.05) is 33.3 Å².